The molecule has 2 N–H and O–H groups in total. The minimum Gasteiger partial charge on any atom is -0.381 e. The van der Waals surface area contributed by atoms with Crippen molar-refractivity contribution in [3.8, 4) is 0 Å². The summed E-state index contributed by atoms with van der Waals surface area (Å²) >= 11 is 0. The number of ether oxygens (including phenoxy) is 1. The summed E-state index contributed by atoms with van der Waals surface area (Å²) in [6, 6.07) is 4.28. The molecule has 1 aliphatic heterocycles. The van der Waals surface area contributed by atoms with Gasteiger partial charge in [-0.25, -0.2) is 0 Å². The van der Waals surface area contributed by atoms with Crippen molar-refractivity contribution in [2.24, 2.45) is 11.7 Å². The van der Waals surface area contributed by atoms with Gasteiger partial charge in [0.1, 0.15) is 0 Å². The number of hydrogen-bond donors (Lipinski definition) is 1. The van der Waals surface area contributed by atoms with Crippen molar-refractivity contribution in [1.29, 1.82) is 0 Å². The molecule has 1 saturated heterocycles. The van der Waals surface area contributed by atoms with Crippen molar-refractivity contribution in [2.75, 3.05) is 13.2 Å². The van der Waals surface area contributed by atoms with Gasteiger partial charge < -0.3 is 10.5 Å². The molecule has 3 heteroatoms. The Balaban J connectivity index is 1.88. The molecule has 1 aromatic rings. The molecule has 0 radical (unpaired) electrons. The van der Waals surface area contributed by atoms with Gasteiger partial charge in [-0.05, 0) is 42.9 Å². The van der Waals surface area contributed by atoms with Crippen LogP contribution >= 0.6 is 0 Å². The average molecular weight is 206 g/mol. The van der Waals surface area contributed by atoms with Gasteiger partial charge in [-0.1, -0.05) is 0 Å². The SMILES string of the molecule is NC(Cc1ccncc1)C1CCCOC1. The molecule has 0 amide bonds. The van der Waals surface area contributed by atoms with Crippen LogP contribution in [-0.2, 0) is 11.2 Å². The van der Waals surface area contributed by atoms with Crippen LogP contribution in [0.3, 0.4) is 0 Å². The molecule has 82 valence electrons. The topological polar surface area (TPSA) is 48.1 Å². The van der Waals surface area contributed by atoms with E-state index in [1.165, 1.54) is 12.0 Å². The van der Waals surface area contributed by atoms with E-state index in [2.05, 4.69) is 4.98 Å². The lowest BCUT2D eigenvalue weighted by molar-refractivity contribution is 0.0450. The Bertz CT molecular complexity index is 283. The highest BCUT2D eigenvalue weighted by atomic mass is 16.5. The van der Waals surface area contributed by atoms with E-state index in [4.69, 9.17) is 10.5 Å². The standard InChI is InChI=1S/C12H18N2O/c13-12(11-2-1-7-15-9-11)8-10-3-5-14-6-4-10/h3-6,11-12H,1-2,7-9,13H2. The van der Waals surface area contributed by atoms with E-state index in [0.717, 1.165) is 26.1 Å². The Morgan fingerprint density at radius 1 is 1.47 bits per heavy atom. The maximum absolute atomic E-state index is 6.18. The number of aromatic nitrogens is 1. The van der Waals surface area contributed by atoms with Gasteiger partial charge in [0.2, 0.25) is 0 Å². The lowest BCUT2D eigenvalue weighted by atomic mass is 9.90. The highest BCUT2D eigenvalue weighted by Gasteiger charge is 2.20. The van der Waals surface area contributed by atoms with Crippen LogP contribution in [0.4, 0.5) is 0 Å². The van der Waals surface area contributed by atoms with Crippen LogP contribution < -0.4 is 5.73 Å². The summed E-state index contributed by atoms with van der Waals surface area (Å²) in [6.07, 6.45) is 6.91. The molecule has 2 atom stereocenters. The highest BCUT2D eigenvalue weighted by Crippen LogP contribution is 2.18. The molecule has 1 aromatic heterocycles. The smallest absolute Gasteiger partial charge is 0.0509 e. The maximum Gasteiger partial charge on any atom is 0.0509 e. The van der Waals surface area contributed by atoms with Crippen molar-refractivity contribution in [3.05, 3.63) is 30.1 Å². The highest BCUT2D eigenvalue weighted by molar-refractivity contribution is 5.11. The molecule has 2 heterocycles. The zero-order valence-electron chi connectivity index (χ0n) is 8.93. The van der Waals surface area contributed by atoms with Crippen LogP contribution in [0.25, 0.3) is 0 Å². The number of hydrogen-bond acceptors (Lipinski definition) is 3. The fourth-order valence-corrected chi connectivity index (χ4v) is 2.06. The van der Waals surface area contributed by atoms with Gasteiger partial charge in [0.25, 0.3) is 0 Å². The molecule has 0 bridgehead atoms. The molecule has 3 nitrogen and oxygen atoms in total. The summed E-state index contributed by atoms with van der Waals surface area (Å²) in [5.41, 5.74) is 7.45. The maximum atomic E-state index is 6.18. The Morgan fingerprint density at radius 3 is 2.93 bits per heavy atom. The van der Waals surface area contributed by atoms with E-state index in [0.29, 0.717) is 5.92 Å². The molecule has 2 unspecified atom stereocenters. The number of nitrogens with zero attached hydrogens (tertiary/aromatic N) is 1. The van der Waals surface area contributed by atoms with Crippen molar-refractivity contribution < 1.29 is 4.74 Å². The lowest BCUT2D eigenvalue weighted by Gasteiger charge is -2.27. The largest absolute Gasteiger partial charge is 0.381 e. The fourth-order valence-electron chi connectivity index (χ4n) is 2.06. The third kappa shape index (κ3) is 3.01. The summed E-state index contributed by atoms with van der Waals surface area (Å²) in [7, 11) is 0. The van der Waals surface area contributed by atoms with E-state index in [-0.39, 0.29) is 6.04 Å². The quantitative estimate of drug-likeness (QED) is 0.812. The Morgan fingerprint density at radius 2 is 2.27 bits per heavy atom. The second kappa shape index (κ2) is 5.24. The number of nitrogens with two attached hydrogens (primary N) is 1. The van der Waals surface area contributed by atoms with Crippen molar-refractivity contribution >= 4 is 0 Å². The van der Waals surface area contributed by atoms with Crippen molar-refractivity contribution in [3.63, 3.8) is 0 Å². The van der Waals surface area contributed by atoms with Crippen molar-refractivity contribution in [2.45, 2.75) is 25.3 Å². The van der Waals surface area contributed by atoms with Crippen LogP contribution in [0.15, 0.2) is 24.5 Å². The van der Waals surface area contributed by atoms with Crippen LogP contribution in [0.1, 0.15) is 18.4 Å². The van der Waals surface area contributed by atoms with E-state index < -0.39 is 0 Å². The monoisotopic (exact) mass is 206 g/mol. The first-order chi connectivity index (χ1) is 7.36. The van der Waals surface area contributed by atoms with Gasteiger partial charge in [-0.3, -0.25) is 4.98 Å². The van der Waals surface area contributed by atoms with Crippen LogP contribution in [0, 0.1) is 5.92 Å². The van der Waals surface area contributed by atoms with Crippen LogP contribution in [0.5, 0.6) is 0 Å². The molecule has 0 spiro atoms. The van der Waals surface area contributed by atoms with Gasteiger partial charge >= 0.3 is 0 Å². The zero-order chi connectivity index (χ0) is 10.5. The number of rotatable bonds is 3. The summed E-state index contributed by atoms with van der Waals surface area (Å²) in [4.78, 5) is 4.00. The van der Waals surface area contributed by atoms with Gasteiger partial charge in [0, 0.05) is 25.0 Å². The third-order valence-corrected chi connectivity index (χ3v) is 3.02. The summed E-state index contributed by atoms with van der Waals surface area (Å²) < 4.78 is 5.45. The van der Waals surface area contributed by atoms with Crippen molar-refractivity contribution in [1.82, 2.24) is 4.98 Å². The molecule has 2 rings (SSSR count). The lowest BCUT2D eigenvalue weighted by Crippen LogP contribution is -2.37. The molecular formula is C12H18N2O. The van der Waals surface area contributed by atoms with Crippen LogP contribution in [0.2, 0.25) is 0 Å². The van der Waals surface area contributed by atoms with Gasteiger partial charge in [-0.2, -0.15) is 0 Å². The minimum absolute atomic E-state index is 0.215. The predicted octanol–water partition coefficient (Wildman–Crippen LogP) is 1.38. The third-order valence-electron chi connectivity index (χ3n) is 3.02. The summed E-state index contributed by atoms with van der Waals surface area (Å²) in [5, 5.41) is 0. The summed E-state index contributed by atoms with van der Waals surface area (Å²) in [5.74, 6) is 0.520. The number of pyridine rings is 1. The Hall–Kier alpha value is -0.930. The average Bonchev–Trinajstić information content (AvgIpc) is 2.31. The molecule has 15 heavy (non-hydrogen) atoms. The predicted molar refractivity (Wildman–Crippen MR) is 59.5 cm³/mol. The minimum atomic E-state index is 0.215. The normalized spacial score (nSPS) is 23.7. The molecule has 0 aromatic carbocycles. The summed E-state index contributed by atoms with van der Waals surface area (Å²) in [6.45, 7) is 1.73. The van der Waals surface area contributed by atoms with Crippen LogP contribution in [-0.4, -0.2) is 24.2 Å². The first-order valence-electron chi connectivity index (χ1n) is 5.58. The van der Waals surface area contributed by atoms with E-state index in [1.807, 2.05) is 24.5 Å². The van der Waals surface area contributed by atoms with E-state index in [1.54, 1.807) is 0 Å². The second-order valence-electron chi connectivity index (χ2n) is 4.20. The molecule has 0 saturated carbocycles. The van der Waals surface area contributed by atoms with E-state index in [9.17, 15) is 0 Å². The molecule has 1 aliphatic rings. The Kier molecular flexibility index (Phi) is 3.69. The van der Waals surface area contributed by atoms with Gasteiger partial charge in [0.05, 0.1) is 6.61 Å². The van der Waals surface area contributed by atoms with Gasteiger partial charge in [-0.15, -0.1) is 0 Å². The first kappa shape index (κ1) is 10.6. The molecule has 1 fully saturated rings. The zero-order valence-corrected chi connectivity index (χ0v) is 8.93. The molecular weight excluding hydrogens is 188 g/mol. The fraction of sp³-hybridized carbons (Fsp3) is 0.583. The molecule has 0 aliphatic carbocycles. The van der Waals surface area contributed by atoms with Gasteiger partial charge in [0.15, 0.2) is 0 Å². The van der Waals surface area contributed by atoms with E-state index >= 15 is 0 Å². The Labute approximate surface area is 90.7 Å². The second-order valence-corrected chi connectivity index (χ2v) is 4.20. The first-order valence-corrected chi connectivity index (χ1v) is 5.58.